The van der Waals surface area contributed by atoms with Crippen molar-refractivity contribution < 1.29 is 9.53 Å². The van der Waals surface area contributed by atoms with E-state index in [4.69, 9.17) is 4.74 Å². The van der Waals surface area contributed by atoms with Crippen molar-refractivity contribution in [2.75, 3.05) is 0 Å². The van der Waals surface area contributed by atoms with E-state index in [0.717, 1.165) is 21.1 Å². The van der Waals surface area contributed by atoms with E-state index in [2.05, 4.69) is 31.2 Å². The van der Waals surface area contributed by atoms with Crippen molar-refractivity contribution >= 4 is 33.1 Å². The Bertz CT molecular complexity index is 786. The van der Waals surface area contributed by atoms with Crippen LogP contribution in [0.5, 0.6) is 0 Å². The number of imidazole rings is 1. The minimum Gasteiger partial charge on any atom is -0.445 e. The van der Waals surface area contributed by atoms with Crippen LogP contribution in [0, 0.1) is 0 Å². The van der Waals surface area contributed by atoms with Crippen LogP contribution in [0.1, 0.15) is 11.4 Å². The smallest absolute Gasteiger partial charge is 0.407 e. The lowest BCUT2D eigenvalue weighted by Gasteiger charge is -2.05. The van der Waals surface area contributed by atoms with Crippen molar-refractivity contribution in [1.82, 2.24) is 15.3 Å². The van der Waals surface area contributed by atoms with E-state index in [0.29, 0.717) is 12.4 Å². The third kappa shape index (κ3) is 3.65. The van der Waals surface area contributed by atoms with E-state index in [1.54, 1.807) is 0 Å². The zero-order valence-corrected chi connectivity index (χ0v) is 13.3. The summed E-state index contributed by atoms with van der Waals surface area (Å²) in [6, 6.07) is 15.3. The van der Waals surface area contributed by atoms with Crippen LogP contribution in [0.2, 0.25) is 0 Å². The molecule has 0 radical (unpaired) electrons. The quantitative estimate of drug-likeness (QED) is 0.745. The number of carbonyl (C=O) groups is 1. The summed E-state index contributed by atoms with van der Waals surface area (Å²) in [6.07, 6.45) is -0.467. The Balaban J connectivity index is 1.53. The summed E-state index contributed by atoms with van der Waals surface area (Å²) in [6.45, 7) is 0.541. The van der Waals surface area contributed by atoms with Gasteiger partial charge < -0.3 is 15.0 Å². The van der Waals surface area contributed by atoms with Gasteiger partial charge in [-0.25, -0.2) is 9.78 Å². The molecule has 1 amide bonds. The molecular weight excluding hydrogens is 346 g/mol. The van der Waals surface area contributed by atoms with Gasteiger partial charge in [-0.3, -0.25) is 0 Å². The Kier molecular flexibility index (Phi) is 4.39. The minimum absolute atomic E-state index is 0.250. The summed E-state index contributed by atoms with van der Waals surface area (Å²) in [4.78, 5) is 19.2. The lowest BCUT2D eigenvalue weighted by Crippen LogP contribution is -2.24. The maximum absolute atomic E-state index is 11.7. The molecule has 0 fully saturated rings. The number of hydrogen-bond acceptors (Lipinski definition) is 3. The lowest BCUT2D eigenvalue weighted by molar-refractivity contribution is 0.139. The normalized spacial score (nSPS) is 10.6. The maximum atomic E-state index is 11.7. The third-order valence-electron chi connectivity index (χ3n) is 3.11. The van der Waals surface area contributed by atoms with Crippen LogP contribution in [-0.4, -0.2) is 16.1 Å². The van der Waals surface area contributed by atoms with Crippen molar-refractivity contribution in [3.05, 3.63) is 64.4 Å². The topological polar surface area (TPSA) is 67.0 Å². The molecule has 0 aliphatic heterocycles. The number of amides is 1. The SMILES string of the molecule is O=C(NCc1nc2ccc(Br)cc2[nH]1)OCc1ccccc1. The van der Waals surface area contributed by atoms with Gasteiger partial charge in [-0.2, -0.15) is 0 Å². The predicted octanol–water partition coefficient (Wildman–Crippen LogP) is 3.75. The Morgan fingerprint density at radius 3 is 2.86 bits per heavy atom. The van der Waals surface area contributed by atoms with E-state index in [9.17, 15) is 4.79 Å². The van der Waals surface area contributed by atoms with Crippen LogP contribution in [0.4, 0.5) is 4.79 Å². The molecule has 0 bridgehead atoms. The number of ether oxygens (including phenoxy) is 1. The number of H-pyrrole nitrogens is 1. The first-order valence-corrected chi connectivity index (χ1v) is 7.59. The predicted molar refractivity (Wildman–Crippen MR) is 87.3 cm³/mol. The average Bonchev–Trinajstić information content (AvgIpc) is 2.94. The zero-order valence-electron chi connectivity index (χ0n) is 11.7. The third-order valence-corrected chi connectivity index (χ3v) is 3.60. The van der Waals surface area contributed by atoms with Crippen LogP contribution in [0.3, 0.4) is 0 Å². The number of aromatic nitrogens is 2. The first-order chi connectivity index (χ1) is 10.7. The molecule has 0 aliphatic carbocycles. The summed E-state index contributed by atoms with van der Waals surface area (Å²) >= 11 is 3.41. The van der Waals surface area contributed by atoms with Crippen LogP contribution in [0.25, 0.3) is 11.0 Å². The fourth-order valence-electron chi connectivity index (χ4n) is 2.05. The monoisotopic (exact) mass is 359 g/mol. The number of aromatic amines is 1. The van der Waals surface area contributed by atoms with E-state index in [-0.39, 0.29) is 6.61 Å². The molecule has 22 heavy (non-hydrogen) atoms. The molecule has 5 nitrogen and oxygen atoms in total. The van der Waals surface area contributed by atoms with Gasteiger partial charge in [0.05, 0.1) is 17.6 Å². The number of rotatable bonds is 4. The first-order valence-electron chi connectivity index (χ1n) is 6.79. The molecular formula is C16H14BrN3O2. The van der Waals surface area contributed by atoms with Gasteiger partial charge in [0, 0.05) is 4.47 Å². The van der Waals surface area contributed by atoms with E-state index >= 15 is 0 Å². The fraction of sp³-hybridized carbons (Fsp3) is 0.125. The van der Waals surface area contributed by atoms with Crippen LogP contribution in [-0.2, 0) is 17.9 Å². The highest BCUT2D eigenvalue weighted by molar-refractivity contribution is 9.10. The second-order valence-electron chi connectivity index (χ2n) is 4.76. The summed E-state index contributed by atoms with van der Waals surface area (Å²) < 4.78 is 6.12. The van der Waals surface area contributed by atoms with Gasteiger partial charge in [0.1, 0.15) is 12.4 Å². The zero-order chi connectivity index (χ0) is 15.4. The van der Waals surface area contributed by atoms with Crippen molar-refractivity contribution in [3.63, 3.8) is 0 Å². The van der Waals surface area contributed by atoms with Gasteiger partial charge in [0.25, 0.3) is 0 Å². The van der Waals surface area contributed by atoms with Crippen molar-refractivity contribution in [3.8, 4) is 0 Å². The van der Waals surface area contributed by atoms with Crippen molar-refractivity contribution in [1.29, 1.82) is 0 Å². The van der Waals surface area contributed by atoms with Gasteiger partial charge >= 0.3 is 6.09 Å². The Hall–Kier alpha value is -2.34. The van der Waals surface area contributed by atoms with Crippen LogP contribution < -0.4 is 5.32 Å². The average molecular weight is 360 g/mol. The standard InChI is InChI=1S/C16H14BrN3O2/c17-12-6-7-13-14(8-12)20-15(19-13)9-18-16(21)22-10-11-4-2-1-3-5-11/h1-8H,9-10H2,(H,18,21)(H,19,20). The second-order valence-corrected chi connectivity index (χ2v) is 5.68. The van der Waals surface area contributed by atoms with Crippen molar-refractivity contribution in [2.45, 2.75) is 13.2 Å². The summed E-state index contributed by atoms with van der Waals surface area (Å²) in [5.41, 5.74) is 2.73. The number of alkyl carbamates (subject to hydrolysis) is 1. The highest BCUT2D eigenvalue weighted by atomic mass is 79.9. The van der Waals surface area contributed by atoms with E-state index < -0.39 is 6.09 Å². The number of fused-ring (bicyclic) bond motifs is 1. The number of halogens is 1. The molecule has 0 saturated heterocycles. The molecule has 1 heterocycles. The molecule has 2 N–H and O–H groups in total. The fourth-order valence-corrected chi connectivity index (χ4v) is 2.41. The highest BCUT2D eigenvalue weighted by Gasteiger charge is 2.06. The molecule has 0 atom stereocenters. The summed E-state index contributed by atoms with van der Waals surface area (Å²) in [5.74, 6) is 0.685. The van der Waals surface area contributed by atoms with Crippen LogP contribution >= 0.6 is 15.9 Å². The minimum atomic E-state index is -0.467. The lowest BCUT2D eigenvalue weighted by atomic mass is 10.2. The number of hydrogen-bond donors (Lipinski definition) is 2. The molecule has 0 spiro atoms. The van der Waals surface area contributed by atoms with Gasteiger partial charge in [0.2, 0.25) is 0 Å². The van der Waals surface area contributed by atoms with Crippen molar-refractivity contribution in [2.24, 2.45) is 0 Å². The summed E-state index contributed by atoms with van der Waals surface area (Å²) in [5, 5.41) is 2.68. The second kappa shape index (κ2) is 6.62. The largest absolute Gasteiger partial charge is 0.445 e. The molecule has 0 aliphatic rings. The van der Waals surface area contributed by atoms with Gasteiger partial charge in [-0.15, -0.1) is 0 Å². The molecule has 0 unspecified atom stereocenters. The maximum Gasteiger partial charge on any atom is 0.407 e. The number of benzene rings is 2. The molecule has 3 aromatic rings. The van der Waals surface area contributed by atoms with Gasteiger partial charge in [-0.05, 0) is 23.8 Å². The molecule has 6 heteroatoms. The Morgan fingerprint density at radius 1 is 1.23 bits per heavy atom. The van der Waals surface area contributed by atoms with E-state index in [1.165, 1.54) is 0 Å². The first kappa shape index (κ1) is 14.6. The molecule has 112 valence electrons. The van der Waals surface area contributed by atoms with E-state index in [1.807, 2.05) is 48.5 Å². The Labute approximate surface area is 135 Å². The Morgan fingerprint density at radius 2 is 2.05 bits per heavy atom. The summed E-state index contributed by atoms with van der Waals surface area (Å²) in [7, 11) is 0. The molecule has 0 saturated carbocycles. The number of nitrogens with zero attached hydrogens (tertiary/aromatic N) is 1. The molecule has 3 rings (SSSR count). The van der Waals surface area contributed by atoms with Gasteiger partial charge in [0.15, 0.2) is 0 Å². The molecule has 1 aromatic heterocycles. The number of carbonyl (C=O) groups excluding carboxylic acids is 1. The molecule has 2 aromatic carbocycles. The highest BCUT2D eigenvalue weighted by Crippen LogP contribution is 2.17. The number of nitrogens with one attached hydrogen (secondary N) is 2. The van der Waals surface area contributed by atoms with Gasteiger partial charge in [-0.1, -0.05) is 46.3 Å². The van der Waals surface area contributed by atoms with Crippen LogP contribution in [0.15, 0.2) is 53.0 Å².